The number of ether oxygens (including phenoxy) is 3. The zero-order valence-electron chi connectivity index (χ0n) is 14.4. The zero-order chi connectivity index (χ0) is 20.6. The Morgan fingerprint density at radius 1 is 1.29 bits per heavy atom. The summed E-state index contributed by atoms with van der Waals surface area (Å²) in [5.41, 5.74) is -0.126. The fraction of sp³-hybridized carbons (Fsp3) is 0.235. The maximum absolute atomic E-state index is 13.2. The number of nitrogens with zero attached hydrogens (tertiary/aromatic N) is 2. The van der Waals surface area contributed by atoms with Gasteiger partial charge >= 0.3 is 18.2 Å². The number of methoxy groups -OCH3 is 2. The Hall–Kier alpha value is -3.01. The van der Waals surface area contributed by atoms with E-state index >= 15 is 0 Å². The van der Waals surface area contributed by atoms with Crippen LogP contribution >= 0.6 is 11.6 Å². The number of fused-ring (bicyclic) bond motifs is 1. The maximum atomic E-state index is 13.2. The maximum Gasteiger partial charge on any atom is 0.430 e. The molecule has 7 nitrogen and oxygen atoms in total. The molecule has 1 atom stereocenters. The molecule has 11 heteroatoms. The first-order valence-electron chi connectivity index (χ1n) is 7.63. The van der Waals surface area contributed by atoms with Gasteiger partial charge < -0.3 is 19.3 Å². The van der Waals surface area contributed by atoms with Gasteiger partial charge in [0.2, 0.25) is 12.0 Å². The van der Waals surface area contributed by atoms with E-state index < -0.39 is 23.8 Å². The SMILES string of the molecule is COc1ncc(-c2cc(Cl)c3c(c2)C=C(C(=O)O)C(C(F)(F)F)O3)c(OC)n1. The van der Waals surface area contributed by atoms with Gasteiger partial charge in [0.15, 0.2) is 0 Å². The summed E-state index contributed by atoms with van der Waals surface area (Å²) < 4.78 is 54.5. The number of hydrogen-bond donors (Lipinski definition) is 1. The molecule has 1 aromatic carbocycles. The van der Waals surface area contributed by atoms with E-state index in [4.69, 9.17) is 30.9 Å². The lowest BCUT2D eigenvalue weighted by molar-refractivity contribution is -0.187. The molecule has 0 aliphatic carbocycles. The van der Waals surface area contributed by atoms with Crippen LogP contribution in [0.5, 0.6) is 17.6 Å². The van der Waals surface area contributed by atoms with Crippen LogP contribution in [-0.4, -0.2) is 47.5 Å². The molecule has 28 heavy (non-hydrogen) atoms. The van der Waals surface area contributed by atoms with Gasteiger partial charge in [0.25, 0.3) is 0 Å². The summed E-state index contributed by atoms with van der Waals surface area (Å²) in [6.07, 6.45) is -5.28. The number of rotatable bonds is 4. The summed E-state index contributed by atoms with van der Waals surface area (Å²) in [7, 11) is 2.74. The highest BCUT2D eigenvalue weighted by molar-refractivity contribution is 6.32. The largest absolute Gasteiger partial charge is 0.480 e. The third-order valence-corrected chi connectivity index (χ3v) is 4.15. The van der Waals surface area contributed by atoms with E-state index in [0.717, 1.165) is 6.08 Å². The van der Waals surface area contributed by atoms with Gasteiger partial charge in [-0.15, -0.1) is 0 Å². The Morgan fingerprint density at radius 3 is 2.57 bits per heavy atom. The average molecular weight is 417 g/mol. The first-order valence-corrected chi connectivity index (χ1v) is 8.00. The summed E-state index contributed by atoms with van der Waals surface area (Å²) in [4.78, 5) is 19.3. The molecule has 1 aliphatic rings. The molecule has 0 bridgehead atoms. The van der Waals surface area contributed by atoms with Crippen molar-refractivity contribution in [3.63, 3.8) is 0 Å². The van der Waals surface area contributed by atoms with Crippen molar-refractivity contribution < 1.29 is 37.3 Å². The molecule has 0 amide bonds. The molecule has 0 saturated carbocycles. The van der Waals surface area contributed by atoms with Gasteiger partial charge in [-0.2, -0.15) is 18.2 Å². The minimum atomic E-state index is -4.92. The van der Waals surface area contributed by atoms with E-state index in [1.165, 1.54) is 32.5 Å². The van der Waals surface area contributed by atoms with Gasteiger partial charge in [0, 0.05) is 11.8 Å². The van der Waals surface area contributed by atoms with E-state index in [9.17, 15) is 18.0 Å². The van der Waals surface area contributed by atoms with Crippen LogP contribution in [0.25, 0.3) is 17.2 Å². The topological polar surface area (TPSA) is 90.8 Å². The monoisotopic (exact) mass is 416 g/mol. The summed E-state index contributed by atoms with van der Waals surface area (Å²) in [5, 5.41) is 9.02. The number of carboxylic acids is 1. The second-order valence-corrected chi connectivity index (χ2v) is 6.01. The number of carbonyl (C=O) groups is 1. The van der Waals surface area contributed by atoms with Crippen molar-refractivity contribution in [2.75, 3.05) is 14.2 Å². The second-order valence-electron chi connectivity index (χ2n) is 5.60. The molecule has 1 aliphatic heterocycles. The number of halogens is 4. The smallest absolute Gasteiger partial charge is 0.430 e. The van der Waals surface area contributed by atoms with E-state index in [1.54, 1.807) is 0 Å². The van der Waals surface area contributed by atoms with Crippen LogP contribution < -0.4 is 14.2 Å². The summed E-state index contributed by atoms with van der Waals surface area (Å²) in [5.74, 6) is -1.89. The lowest BCUT2D eigenvalue weighted by Gasteiger charge is -2.28. The lowest BCUT2D eigenvalue weighted by Crippen LogP contribution is -2.40. The minimum absolute atomic E-state index is 0.0501. The number of alkyl halides is 3. The van der Waals surface area contributed by atoms with Crippen molar-refractivity contribution in [2.45, 2.75) is 12.3 Å². The molecule has 148 valence electrons. The highest BCUT2D eigenvalue weighted by Gasteiger charge is 2.48. The molecule has 1 aromatic heterocycles. The van der Waals surface area contributed by atoms with Crippen LogP contribution in [0, 0.1) is 0 Å². The van der Waals surface area contributed by atoms with Crippen LogP contribution in [0.1, 0.15) is 5.56 Å². The quantitative estimate of drug-likeness (QED) is 0.814. The first kappa shape index (κ1) is 19.7. The number of aromatic nitrogens is 2. The van der Waals surface area contributed by atoms with Gasteiger partial charge in [-0.25, -0.2) is 9.78 Å². The summed E-state index contributed by atoms with van der Waals surface area (Å²) in [6, 6.07) is 2.81. The average Bonchev–Trinajstić information content (AvgIpc) is 2.65. The third kappa shape index (κ3) is 3.55. The fourth-order valence-corrected chi connectivity index (χ4v) is 2.92. The normalized spacial score (nSPS) is 15.9. The predicted octanol–water partition coefficient (Wildman–Crippen LogP) is 3.61. The fourth-order valence-electron chi connectivity index (χ4n) is 2.65. The van der Waals surface area contributed by atoms with Gasteiger partial charge in [-0.1, -0.05) is 11.6 Å². The number of hydrogen-bond acceptors (Lipinski definition) is 6. The Bertz CT molecular complexity index is 978. The Balaban J connectivity index is 2.16. The van der Waals surface area contributed by atoms with Crippen LogP contribution in [-0.2, 0) is 4.79 Å². The highest BCUT2D eigenvalue weighted by Crippen LogP contribution is 2.44. The van der Waals surface area contributed by atoms with E-state index in [2.05, 4.69) is 9.97 Å². The molecule has 0 fully saturated rings. The van der Waals surface area contributed by atoms with Gasteiger partial charge in [-0.05, 0) is 23.8 Å². The lowest BCUT2D eigenvalue weighted by atomic mass is 9.98. The van der Waals surface area contributed by atoms with Crippen molar-refractivity contribution in [3.8, 4) is 28.8 Å². The van der Waals surface area contributed by atoms with Crippen molar-refractivity contribution >= 4 is 23.6 Å². The Morgan fingerprint density at radius 2 is 2.00 bits per heavy atom. The molecular weight excluding hydrogens is 405 g/mol. The van der Waals surface area contributed by atoms with Crippen molar-refractivity contribution in [1.82, 2.24) is 9.97 Å². The van der Waals surface area contributed by atoms with Gasteiger partial charge in [-0.3, -0.25) is 0 Å². The van der Waals surface area contributed by atoms with Crippen LogP contribution in [0.15, 0.2) is 23.9 Å². The number of aliphatic carboxylic acids is 1. The van der Waals surface area contributed by atoms with E-state index in [-0.39, 0.29) is 28.2 Å². The van der Waals surface area contributed by atoms with Gasteiger partial charge in [0.05, 0.1) is 30.4 Å². The van der Waals surface area contributed by atoms with Crippen molar-refractivity contribution in [3.05, 3.63) is 34.5 Å². The van der Waals surface area contributed by atoms with Crippen LogP contribution in [0.4, 0.5) is 13.2 Å². The van der Waals surface area contributed by atoms with E-state index in [0.29, 0.717) is 11.1 Å². The molecule has 0 radical (unpaired) electrons. The molecule has 1 N–H and O–H groups in total. The Labute approximate surface area is 161 Å². The molecule has 0 saturated heterocycles. The zero-order valence-corrected chi connectivity index (χ0v) is 15.1. The molecule has 2 aromatic rings. The molecular formula is C17H12ClF3N2O5. The standard InChI is InChI=1S/C17H12ClF3N2O5/c1-26-14-10(6-22-16(23-14)27-2)7-3-8-4-9(15(24)25)13(17(19,20)21)28-12(8)11(18)5-7/h3-6,13H,1-2H3,(H,24,25). The van der Waals surface area contributed by atoms with E-state index in [1.807, 2.05) is 0 Å². The van der Waals surface area contributed by atoms with Crippen molar-refractivity contribution in [1.29, 1.82) is 0 Å². The van der Waals surface area contributed by atoms with Crippen molar-refractivity contribution in [2.24, 2.45) is 0 Å². The first-order chi connectivity index (χ1) is 13.2. The Kier molecular flexibility index (Phi) is 5.07. The summed E-state index contributed by atoms with van der Waals surface area (Å²) in [6.45, 7) is 0. The van der Waals surface area contributed by atoms with Crippen LogP contribution in [0.2, 0.25) is 5.02 Å². The molecule has 1 unspecified atom stereocenters. The van der Waals surface area contributed by atoms with Crippen LogP contribution in [0.3, 0.4) is 0 Å². The molecule has 0 spiro atoms. The molecule has 3 rings (SSSR count). The highest BCUT2D eigenvalue weighted by atomic mass is 35.5. The number of benzene rings is 1. The third-order valence-electron chi connectivity index (χ3n) is 3.86. The summed E-state index contributed by atoms with van der Waals surface area (Å²) >= 11 is 6.12. The van der Waals surface area contributed by atoms with Gasteiger partial charge in [0.1, 0.15) is 5.75 Å². The predicted molar refractivity (Wildman–Crippen MR) is 91.7 cm³/mol. The second kappa shape index (κ2) is 7.19. The molecule has 2 heterocycles. The number of carboxylic acid groups (broad SMARTS) is 1. The minimum Gasteiger partial charge on any atom is -0.480 e.